The molecular weight excluding hydrogens is 200 g/mol. The molecule has 1 heteroatoms. The van der Waals surface area contributed by atoms with Crippen LogP contribution in [-0.4, -0.2) is 10.5 Å². The summed E-state index contributed by atoms with van der Waals surface area (Å²) in [6.45, 7) is 16.4. The third-order valence-corrected chi connectivity index (χ3v) is 4.31. The molecular formula is C14H30S. The molecule has 0 aliphatic rings. The van der Waals surface area contributed by atoms with E-state index in [0.717, 1.165) is 5.92 Å². The van der Waals surface area contributed by atoms with Crippen LogP contribution < -0.4 is 0 Å². The van der Waals surface area contributed by atoms with Gasteiger partial charge in [0.25, 0.3) is 0 Å². The van der Waals surface area contributed by atoms with Crippen LogP contribution in [-0.2, 0) is 0 Å². The lowest BCUT2D eigenvalue weighted by Crippen LogP contribution is -2.20. The molecule has 0 aromatic rings. The van der Waals surface area contributed by atoms with E-state index in [1.54, 1.807) is 0 Å². The Morgan fingerprint density at radius 1 is 1.00 bits per heavy atom. The third kappa shape index (κ3) is 8.19. The van der Waals surface area contributed by atoms with Crippen LogP contribution in [0.4, 0.5) is 0 Å². The Balaban J connectivity index is 3.75. The normalized spacial score (nSPS) is 15.4. The van der Waals surface area contributed by atoms with Crippen molar-refractivity contribution < 1.29 is 0 Å². The zero-order valence-electron chi connectivity index (χ0n) is 11.8. The van der Waals surface area contributed by atoms with Crippen molar-refractivity contribution in [2.75, 3.05) is 5.75 Å². The minimum atomic E-state index is 0.434. The SMILES string of the molecule is CCC(CCCSC(C)(C)C)C(C)(C)C. The van der Waals surface area contributed by atoms with Crippen molar-refractivity contribution in [2.24, 2.45) is 11.3 Å². The summed E-state index contributed by atoms with van der Waals surface area (Å²) in [5.41, 5.74) is 0.487. The van der Waals surface area contributed by atoms with Crippen LogP contribution in [0.15, 0.2) is 0 Å². The predicted molar refractivity (Wildman–Crippen MR) is 74.7 cm³/mol. The van der Waals surface area contributed by atoms with E-state index in [0.29, 0.717) is 10.2 Å². The lowest BCUT2D eigenvalue weighted by Gasteiger charge is -2.30. The predicted octanol–water partition coefficient (Wildman–Crippen LogP) is 5.37. The van der Waals surface area contributed by atoms with Crippen LogP contribution in [0.3, 0.4) is 0 Å². The fourth-order valence-corrected chi connectivity index (χ4v) is 2.88. The Labute approximate surface area is 102 Å². The molecule has 92 valence electrons. The van der Waals surface area contributed by atoms with E-state index in [1.807, 2.05) is 0 Å². The van der Waals surface area contributed by atoms with E-state index in [4.69, 9.17) is 0 Å². The molecule has 0 aromatic carbocycles. The highest BCUT2D eigenvalue weighted by Gasteiger charge is 2.22. The molecule has 0 N–H and O–H groups in total. The first kappa shape index (κ1) is 15.3. The highest BCUT2D eigenvalue weighted by molar-refractivity contribution is 8.00. The van der Waals surface area contributed by atoms with Gasteiger partial charge in [-0.15, -0.1) is 0 Å². The smallest absolute Gasteiger partial charge is 0.00750 e. The van der Waals surface area contributed by atoms with Crippen molar-refractivity contribution in [3.8, 4) is 0 Å². The van der Waals surface area contributed by atoms with Gasteiger partial charge in [0, 0.05) is 4.75 Å². The fraction of sp³-hybridized carbons (Fsp3) is 1.00. The average molecular weight is 230 g/mol. The van der Waals surface area contributed by atoms with E-state index in [-0.39, 0.29) is 0 Å². The molecule has 0 amide bonds. The van der Waals surface area contributed by atoms with Crippen molar-refractivity contribution in [2.45, 2.75) is 72.5 Å². The van der Waals surface area contributed by atoms with Gasteiger partial charge in [0.15, 0.2) is 0 Å². The van der Waals surface area contributed by atoms with Gasteiger partial charge in [0.05, 0.1) is 0 Å². The van der Waals surface area contributed by atoms with Crippen LogP contribution in [0, 0.1) is 11.3 Å². The van der Waals surface area contributed by atoms with Crippen LogP contribution in [0.2, 0.25) is 0 Å². The third-order valence-electron chi connectivity index (χ3n) is 2.95. The van der Waals surface area contributed by atoms with E-state index in [2.05, 4.69) is 60.2 Å². The van der Waals surface area contributed by atoms with Gasteiger partial charge < -0.3 is 0 Å². The van der Waals surface area contributed by atoms with Gasteiger partial charge in [0.1, 0.15) is 0 Å². The maximum Gasteiger partial charge on any atom is 0.00750 e. The molecule has 0 spiro atoms. The number of hydrogen-bond acceptors (Lipinski definition) is 1. The van der Waals surface area contributed by atoms with Crippen molar-refractivity contribution in [3.63, 3.8) is 0 Å². The first-order valence-corrected chi connectivity index (χ1v) is 7.29. The lowest BCUT2D eigenvalue weighted by atomic mass is 9.77. The van der Waals surface area contributed by atoms with E-state index in [9.17, 15) is 0 Å². The van der Waals surface area contributed by atoms with Crippen molar-refractivity contribution in [1.29, 1.82) is 0 Å². The molecule has 0 radical (unpaired) electrons. The van der Waals surface area contributed by atoms with Gasteiger partial charge in [-0.1, -0.05) is 54.9 Å². The Hall–Kier alpha value is 0.350. The second kappa shape index (κ2) is 6.18. The van der Waals surface area contributed by atoms with Gasteiger partial charge in [-0.3, -0.25) is 0 Å². The van der Waals surface area contributed by atoms with E-state index >= 15 is 0 Å². The molecule has 0 aliphatic carbocycles. The highest BCUT2D eigenvalue weighted by Crippen LogP contribution is 2.33. The lowest BCUT2D eigenvalue weighted by molar-refractivity contribution is 0.218. The molecule has 15 heavy (non-hydrogen) atoms. The highest BCUT2D eigenvalue weighted by atomic mass is 32.2. The van der Waals surface area contributed by atoms with Crippen LogP contribution >= 0.6 is 11.8 Å². The minimum absolute atomic E-state index is 0.434. The topological polar surface area (TPSA) is 0 Å². The van der Waals surface area contributed by atoms with Gasteiger partial charge >= 0.3 is 0 Å². The molecule has 0 heterocycles. The molecule has 0 aromatic heterocycles. The summed E-state index contributed by atoms with van der Waals surface area (Å²) in [7, 11) is 0. The molecule has 0 rings (SSSR count). The molecule has 0 nitrogen and oxygen atoms in total. The maximum absolute atomic E-state index is 2.37. The summed E-state index contributed by atoms with van der Waals surface area (Å²) in [5, 5.41) is 0. The average Bonchev–Trinajstić information content (AvgIpc) is 1.99. The molecule has 0 saturated carbocycles. The summed E-state index contributed by atoms with van der Waals surface area (Å²) >= 11 is 2.10. The quantitative estimate of drug-likeness (QED) is 0.572. The van der Waals surface area contributed by atoms with E-state index in [1.165, 1.54) is 25.0 Å². The zero-order chi connectivity index (χ0) is 12.1. The monoisotopic (exact) mass is 230 g/mol. The standard InChI is InChI=1S/C14H30S/c1-8-12(13(2,3)4)10-9-11-15-14(5,6)7/h12H,8-11H2,1-7H3. The Morgan fingerprint density at radius 2 is 1.53 bits per heavy atom. The Morgan fingerprint density at radius 3 is 1.87 bits per heavy atom. The second-order valence-corrected chi connectivity index (χ2v) is 8.50. The summed E-state index contributed by atoms with van der Waals surface area (Å²) in [6.07, 6.45) is 4.09. The van der Waals surface area contributed by atoms with Crippen LogP contribution in [0.1, 0.15) is 67.7 Å². The largest absolute Gasteiger partial charge is 0.156 e. The second-order valence-electron chi connectivity index (χ2n) is 6.57. The van der Waals surface area contributed by atoms with Crippen molar-refractivity contribution in [1.82, 2.24) is 0 Å². The molecule has 0 aliphatic heterocycles. The molecule has 0 bridgehead atoms. The van der Waals surface area contributed by atoms with Crippen molar-refractivity contribution >= 4 is 11.8 Å². The fourth-order valence-electron chi connectivity index (χ4n) is 1.96. The van der Waals surface area contributed by atoms with Gasteiger partial charge in [-0.2, -0.15) is 11.8 Å². The van der Waals surface area contributed by atoms with Crippen LogP contribution in [0.25, 0.3) is 0 Å². The summed E-state index contributed by atoms with van der Waals surface area (Å²) in [6, 6.07) is 0. The maximum atomic E-state index is 2.37. The zero-order valence-corrected chi connectivity index (χ0v) is 12.6. The van der Waals surface area contributed by atoms with Crippen LogP contribution in [0.5, 0.6) is 0 Å². The van der Waals surface area contributed by atoms with E-state index < -0.39 is 0 Å². The first-order valence-electron chi connectivity index (χ1n) is 6.31. The summed E-state index contributed by atoms with van der Waals surface area (Å²) in [4.78, 5) is 0. The number of hydrogen-bond donors (Lipinski definition) is 0. The Kier molecular flexibility index (Phi) is 6.32. The minimum Gasteiger partial charge on any atom is -0.156 e. The van der Waals surface area contributed by atoms with Gasteiger partial charge in [-0.25, -0.2) is 0 Å². The first-order chi connectivity index (χ1) is 6.67. The molecule has 1 unspecified atom stereocenters. The summed E-state index contributed by atoms with van der Waals surface area (Å²) in [5.74, 6) is 2.20. The summed E-state index contributed by atoms with van der Waals surface area (Å²) < 4.78 is 0.434. The van der Waals surface area contributed by atoms with Gasteiger partial charge in [0.2, 0.25) is 0 Å². The number of rotatable bonds is 5. The Bertz CT molecular complexity index is 159. The van der Waals surface area contributed by atoms with Crippen molar-refractivity contribution in [3.05, 3.63) is 0 Å². The molecule has 1 atom stereocenters. The molecule has 0 fully saturated rings. The molecule has 0 saturated heterocycles. The van der Waals surface area contributed by atoms with Gasteiger partial charge in [-0.05, 0) is 29.9 Å². The number of thioether (sulfide) groups is 1.